The van der Waals surface area contributed by atoms with E-state index in [4.69, 9.17) is 21.7 Å². The minimum absolute atomic E-state index is 0.0912. The van der Waals surface area contributed by atoms with Gasteiger partial charge >= 0.3 is 0 Å². The average molecular weight is 305 g/mol. The zero-order valence-corrected chi connectivity index (χ0v) is 12.9. The van der Waals surface area contributed by atoms with Crippen molar-refractivity contribution < 1.29 is 26.5 Å². The summed E-state index contributed by atoms with van der Waals surface area (Å²) in [5, 5.41) is 2.85. The van der Waals surface area contributed by atoms with Crippen molar-refractivity contribution in [2.24, 2.45) is 11.8 Å². The second-order valence-corrected chi connectivity index (χ2v) is 5.62. The van der Waals surface area contributed by atoms with E-state index in [1.165, 1.54) is 7.11 Å². The Morgan fingerprint density at radius 3 is 2.95 bits per heavy atom. The lowest BCUT2D eigenvalue weighted by Gasteiger charge is -2.20. The van der Waals surface area contributed by atoms with Crippen LogP contribution in [0.5, 0.6) is 0 Å². The molecule has 2 fully saturated rings. The van der Waals surface area contributed by atoms with E-state index in [-0.39, 0.29) is 23.8 Å². The summed E-state index contributed by atoms with van der Waals surface area (Å²) in [5.41, 5.74) is 0. The lowest BCUT2D eigenvalue weighted by molar-refractivity contribution is -0.134. The Labute approximate surface area is 129 Å². The minimum Gasteiger partial charge on any atom is -0.382 e. The molecular weight excluding hydrogens is 274 g/mol. The third kappa shape index (κ3) is 4.16. The van der Waals surface area contributed by atoms with Gasteiger partial charge in [0.25, 0.3) is 5.91 Å². The predicted octanol–water partition coefficient (Wildman–Crippen LogP) is 0.594. The second-order valence-electron chi connectivity index (χ2n) is 5.62. The lowest BCUT2D eigenvalue weighted by Crippen LogP contribution is -2.43. The summed E-state index contributed by atoms with van der Waals surface area (Å²) in [6.45, 7) is 1.53. The van der Waals surface area contributed by atoms with E-state index in [2.05, 4.69) is 5.32 Å². The van der Waals surface area contributed by atoms with Gasteiger partial charge in [0.1, 0.15) is 0 Å². The van der Waals surface area contributed by atoms with Crippen LogP contribution >= 0.6 is 0 Å². The van der Waals surface area contributed by atoms with Gasteiger partial charge in [-0.2, -0.15) is 0 Å². The Morgan fingerprint density at radius 2 is 2.24 bits per heavy atom. The molecular formula is C15H27NO5. The maximum atomic E-state index is 12.3. The highest BCUT2D eigenvalue weighted by Gasteiger charge is 2.39. The van der Waals surface area contributed by atoms with E-state index >= 15 is 0 Å². The molecule has 2 heterocycles. The summed E-state index contributed by atoms with van der Waals surface area (Å²) in [6, 6.07) is 0. The molecule has 0 bridgehead atoms. The fourth-order valence-corrected chi connectivity index (χ4v) is 2.88. The molecule has 0 aromatic heterocycles. The SMILES string of the molecule is [3H][C@@H]1O[C@H](C(=O)NCCC2C[C@H]([3H])O[C@@H]2COC)C(OC)[C@@H]1C. The number of rotatable bonds is 7. The third-order valence-electron chi connectivity index (χ3n) is 4.13. The lowest BCUT2D eigenvalue weighted by atomic mass is 9.98. The monoisotopic (exact) mass is 305 g/mol. The molecule has 21 heavy (non-hydrogen) atoms. The van der Waals surface area contributed by atoms with Gasteiger partial charge in [-0.15, -0.1) is 0 Å². The highest BCUT2D eigenvalue weighted by molar-refractivity contribution is 5.81. The summed E-state index contributed by atoms with van der Waals surface area (Å²) in [6.07, 6.45) is 0.143. The first-order valence-electron chi connectivity index (χ1n) is 8.58. The highest BCUT2D eigenvalue weighted by Crippen LogP contribution is 2.25. The van der Waals surface area contributed by atoms with E-state index in [1.807, 2.05) is 6.92 Å². The van der Waals surface area contributed by atoms with Crippen LogP contribution in [0.3, 0.4) is 0 Å². The standard InChI is InChI=1S/C15H27NO5/c1-10-8-21-14(13(10)19-3)15(17)16-6-4-11-5-7-20-12(11)9-18-2/h10-14H,4-9H2,1-3H3,(H,16,17)/t10-,11?,12-,13?,14+/m1/s1/i7T,8T/t7-,8-,10+,11?,12+,13?,14-/m0. The second kappa shape index (κ2) is 8.08. The van der Waals surface area contributed by atoms with Gasteiger partial charge in [-0.05, 0) is 18.8 Å². The van der Waals surface area contributed by atoms with Crippen LogP contribution < -0.4 is 5.32 Å². The first-order valence-corrected chi connectivity index (χ1v) is 7.42. The van der Waals surface area contributed by atoms with Crippen LogP contribution in [0, 0.1) is 11.8 Å². The van der Waals surface area contributed by atoms with E-state index in [9.17, 15) is 4.79 Å². The van der Waals surface area contributed by atoms with Crippen LogP contribution in [-0.4, -0.2) is 64.8 Å². The van der Waals surface area contributed by atoms with E-state index < -0.39 is 25.4 Å². The smallest absolute Gasteiger partial charge is 0.251 e. The number of carbonyl (C=O) groups excluding carboxylic acids is 1. The van der Waals surface area contributed by atoms with Crippen molar-refractivity contribution in [2.75, 3.05) is 40.5 Å². The van der Waals surface area contributed by atoms with Crippen molar-refractivity contribution in [3.8, 4) is 0 Å². The molecule has 0 aromatic carbocycles. The summed E-state index contributed by atoms with van der Waals surface area (Å²) in [7, 11) is 3.14. The molecule has 122 valence electrons. The Balaban J connectivity index is 1.78. The van der Waals surface area contributed by atoms with Crippen LogP contribution in [0.1, 0.15) is 22.5 Å². The van der Waals surface area contributed by atoms with Gasteiger partial charge in [-0.25, -0.2) is 0 Å². The van der Waals surface area contributed by atoms with Crippen LogP contribution in [0.2, 0.25) is 0 Å². The Kier molecular flexibility index (Phi) is 5.36. The number of carbonyl (C=O) groups is 1. The molecule has 1 amide bonds. The maximum absolute atomic E-state index is 12.3. The zero-order valence-electron chi connectivity index (χ0n) is 14.9. The van der Waals surface area contributed by atoms with Gasteiger partial charge in [-0.3, -0.25) is 4.79 Å². The molecule has 6 heteroatoms. The minimum atomic E-state index is -0.742. The molecule has 0 aromatic rings. The van der Waals surface area contributed by atoms with Crippen molar-refractivity contribution in [1.82, 2.24) is 5.32 Å². The number of hydrogen-bond donors (Lipinski definition) is 1. The van der Waals surface area contributed by atoms with E-state index in [0.717, 1.165) is 6.42 Å². The number of hydrogen-bond acceptors (Lipinski definition) is 5. The first-order chi connectivity index (χ1) is 11.0. The molecule has 6 nitrogen and oxygen atoms in total. The summed E-state index contributed by atoms with van der Waals surface area (Å²) in [4.78, 5) is 12.3. The van der Waals surface area contributed by atoms with Crippen LogP contribution in [-0.2, 0) is 23.7 Å². The van der Waals surface area contributed by atoms with Gasteiger partial charge in [0, 0.05) is 33.3 Å². The van der Waals surface area contributed by atoms with Crippen molar-refractivity contribution in [1.29, 1.82) is 0 Å². The molecule has 2 rings (SSSR count). The maximum Gasteiger partial charge on any atom is 0.251 e. The van der Waals surface area contributed by atoms with Gasteiger partial charge in [-0.1, -0.05) is 6.92 Å². The molecule has 0 aliphatic carbocycles. The molecule has 0 radical (unpaired) electrons. The van der Waals surface area contributed by atoms with Crippen molar-refractivity contribution in [3.05, 3.63) is 0 Å². The average Bonchev–Trinajstić information content (AvgIpc) is 3.00. The summed E-state index contributed by atoms with van der Waals surface area (Å²) in [5.74, 6) is -0.194. The predicted molar refractivity (Wildman–Crippen MR) is 77.1 cm³/mol. The largest absolute Gasteiger partial charge is 0.382 e. The van der Waals surface area contributed by atoms with E-state index in [0.29, 0.717) is 19.6 Å². The quantitative estimate of drug-likeness (QED) is 0.746. The van der Waals surface area contributed by atoms with Crippen LogP contribution in [0.25, 0.3) is 0 Å². The number of nitrogens with one attached hydrogen (secondary N) is 1. The normalized spacial score (nSPS) is 44.4. The Morgan fingerprint density at radius 1 is 1.43 bits per heavy atom. The fraction of sp³-hybridized carbons (Fsp3) is 0.933. The molecule has 0 spiro atoms. The number of ether oxygens (including phenoxy) is 4. The van der Waals surface area contributed by atoms with E-state index in [1.54, 1.807) is 7.11 Å². The molecule has 7 atom stereocenters. The van der Waals surface area contributed by atoms with Gasteiger partial charge < -0.3 is 24.3 Å². The topological polar surface area (TPSA) is 66.0 Å². The van der Waals surface area contributed by atoms with Crippen molar-refractivity contribution in [3.63, 3.8) is 0 Å². The van der Waals surface area contributed by atoms with Crippen LogP contribution in [0.4, 0.5) is 0 Å². The number of methoxy groups -OCH3 is 2. The van der Waals surface area contributed by atoms with Gasteiger partial charge in [0.2, 0.25) is 0 Å². The zero-order chi connectivity index (χ0) is 17.0. The summed E-state index contributed by atoms with van der Waals surface area (Å²) < 4.78 is 36.8. The Hall–Kier alpha value is -0.690. The molecule has 1 N–H and O–H groups in total. The molecule has 2 aliphatic rings. The fourth-order valence-electron chi connectivity index (χ4n) is 2.88. The Bertz CT molecular complexity index is 400. The van der Waals surface area contributed by atoms with Crippen molar-refractivity contribution >= 4 is 5.91 Å². The highest BCUT2D eigenvalue weighted by atomic mass is 16.6. The molecule has 2 saturated heterocycles. The van der Waals surface area contributed by atoms with Gasteiger partial charge in [0.15, 0.2) is 6.10 Å². The van der Waals surface area contributed by atoms with Crippen LogP contribution in [0.15, 0.2) is 0 Å². The molecule has 2 unspecified atom stereocenters. The molecule has 0 saturated carbocycles. The summed E-state index contributed by atoms with van der Waals surface area (Å²) >= 11 is 0. The first kappa shape index (κ1) is 13.9. The molecule has 2 aliphatic heterocycles. The van der Waals surface area contributed by atoms with Gasteiger partial charge in [0.05, 0.1) is 28.1 Å². The van der Waals surface area contributed by atoms with Crippen molar-refractivity contribution in [2.45, 2.75) is 38.1 Å². The third-order valence-corrected chi connectivity index (χ3v) is 4.13. The number of amides is 1.